The van der Waals surface area contributed by atoms with E-state index in [1.54, 1.807) is 7.11 Å². The van der Waals surface area contributed by atoms with Crippen molar-refractivity contribution in [3.63, 3.8) is 0 Å². The number of nitrogens with one attached hydrogen (secondary N) is 2. The topological polar surface area (TPSA) is 70.6 Å². The molecule has 0 aromatic heterocycles. The van der Waals surface area contributed by atoms with E-state index in [2.05, 4.69) is 26.6 Å². The van der Waals surface area contributed by atoms with E-state index in [1.165, 1.54) is 19.3 Å². The highest BCUT2D eigenvalue weighted by molar-refractivity contribution is 9.09. The molecule has 0 aromatic carbocycles. The van der Waals surface area contributed by atoms with Crippen molar-refractivity contribution < 1.29 is 14.6 Å². The maximum atomic E-state index is 12.2. The number of ether oxygens (including phenoxy) is 1. The van der Waals surface area contributed by atoms with Gasteiger partial charge in [-0.25, -0.2) is 4.79 Å². The normalized spacial score (nSPS) is 31.5. The van der Waals surface area contributed by atoms with E-state index in [-0.39, 0.29) is 35.7 Å². The van der Waals surface area contributed by atoms with Crippen LogP contribution in [0.25, 0.3) is 0 Å². The summed E-state index contributed by atoms with van der Waals surface area (Å²) < 4.78 is 5.41. The lowest BCUT2D eigenvalue weighted by Gasteiger charge is -2.34. The first-order valence-electron chi connectivity index (χ1n) is 8.48. The molecule has 3 unspecified atom stereocenters. The molecule has 0 aliphatic heterocycles. The Morgan fingerprint density at radius 3 is 2.59 bits per heavy atom. The van der Waals surface area contributed by atoms with Crippen LogP contribution >= 0.6 is 15.9 Å². The lowest BCUT2D eigenvalue weighted by Crippen LogP contribution is -2.52. The third kappa shape index (κ3) is 5.10. The first-order valence-corrected chi connectivity index (χ1v) is 9.40. The number of aliphatic hydroxyl groups is 1. The van der Waals surface area contributed by atoms with Gasteiger partial charge in [-0.3, -0.25) is 0 Å². The van der Waals surface area contributed by atoms with E-state index in [9.17, 15) is 9.90 Å². The van der Waals surface area contributed by atoms with E-state index in [0.29, 0.717) is 5.92 Å². The van der Waals surface area contributed by atoms with Crippen LogP contribution in [0.15, 0.2) is 0 Å². The first kappa shape index (κ1) is 18.0. The number of carbonyl (C=O) groups is 1. The van der Waals surface area contributed by atoms with Crippen molar-refractivity contribution in [3.8, 4) is 0 Å². The molecule has 4 atom stereocenters. The van der Waals surface area contributed by atoms with E-state index < -0.39 is 0 Å². The van der Waals surface area contributed by atoms with E-state index in [0.717, 1.165) is 32.1 Å². The lowest BCUT2D eigenvalue weighted by atomic mass is 9.84. The standard InChI is InChI=1S/C16H29BrN2O3/c1-22-15-8-7-12(9-13(15)17)18-16(21)19-14(10-20)11-5-3-2-4-6-11/h11-15,20H,2-10H2,1H3,(H2,18,19,21)/t12?,13?,14-,15?/m0/s1. The van der Waals surface area contributed by atoms with Crippen LogP contribution in [-0.4, -0.2) is 47.9 Å². The van der Waals surface area contributed by atoms with Gasteiger partial charge in [0.05, 0.1) is 18.8 Å². The summed E-state index contributed by atoms with van der Waals surface area (Å²) in [4.78, 5) is 12.5. The average Bonchev–Trinajstić information content (AvgIpc) is 2.53. The van der Waals surface area contributed by atoms with Crippen molar-refractivity contribution in [3.05, 3.63) is 0 Å². The van der Waals surface area contributed by atoms with Gasteiger partial charge in [0.25, 0.3) is 0 Å². The third-order valence-corrected chi connectivity index (χ3v) is 6.05. The molecule has 22 heavy (non-hydrogen) atoms. The molecule has 2 fully saturated rings. The lowest BCUT2D eigenvalue weighted by molar-refractivity contribution is 0.0705. The van der Waals surface area contributed by atoms with Crippen LogP contribution in [-0.2, 0) is 4.74 Å². The zero-order chi connectivity index (χ0) is 15.9. The molecule has 3 N–H and O–H groups in total. The van der Waals surface area contributed by atoms with E-state index in [4.69, 9.17) is 4.74 Å². The number of amides is 2. The Bertz CT molecular complexity index is 350. The second kappa shape index (κ2) is 9.08. The first-order chi connectivity index (χ1) is 10.6. The van der Waals surface area contributed by atoms with Gasteiger partial charge in [-0.05, 0) is 38.0 Å². The quantitative estimate of drug-likeness (QED) is 0.645. The van der Waals surface area contributed by atoms with Crippen LogP contribution in [0, 0.1) is 5.92 Å². The van der Waals surface area contributed by atoms with Crippen molar-refractivity contribution in [2.75, 3.05) is 13.7 Å². The Kier molecular flexibility index (Phi) is 7.44. The third-order valence-electron chi connectivity index (χ3n) is 5.08. The van der Waals surface area contributed by atoms with Gasteiger partial charge in [-0.2, -0.15) is 0 Å². The molecule has 128 valence electrons. The van der Waals surface area contributed by atoms with Gasteiger partial charge in [0, 0.05) is 18.0 Å². The van der Waals surface area contributed by atoms with Gasteiger partial charge in [-0.15, -0.1) is 0 Å². The van der Waals surface area contributed by atoms with Crippen LogP contribution in [0.5, 0.6) is 0 Å². The fourth-order valence-corrected chi connectivity index (χ4v) is 4.66. The number of methoxy groups -OCH3 is 1. The molecular weight excluding hydrogens is 348 g/mol. The van der Waals surface area contributed by atoms with Gasteiger partial charge in [0.1, 0.15) is 0 Å². The van der Waals surface area contributed by atoms with Gasteiger partial charge in [0.2, 0.25) is 0 Å². The molecule has 2 amide bonds. The minimum absolute atomic E-state index is 0.0234. The van der Waals surface area contributed by atoms with Crippen molar-refractivity contribution in [2.24, 2.45) is 5.92 Å². The number of hydrogen-bond donors (Lipinski definition) is 3. The van der Waals surface area contributed by atoms with Gasteiger partial charge in [-0.1, -0.05) is 35.2 Å². The second-order valence-corrected chi connectivity index (χ2v) is 7.78. The summed E-state index contributed by atoms with van der Waals surface area (Å²) >= 11 is 3.64. The molecule has 0 bridgehead atoms. The monoisotopic (exact) mass is 376 g/mol. The van der Waals surface area contributed by atoms with E-state index in [1.807, 2.05) is 0 Å². The summed E-state index contributed by atoms with van der Waals surface area (Å²) in [5.41, 5.74) is 0. The minimum atomic E-state index is -0.148. The fourth-order valence-electron chi connectivity index (χ4n) is 3.73. The van der Waals surface area contributed by atoms with Gasteiger partial charge >= 0.3 is 6.03 Å². The SMILES string of the molecule is COC1CCC(NC(=O)N[C@@H](CO)C2CCCCC2)CC1Br. The molecule has 6 heteroatoms. The molecule has 2 aliphatic carbocycles. The Hall–Kier alpha value is -0.330. The summed E-state index contributed by atoms with van der Waals surface area (Å²) in [6.45, 7) is 0.0234. The maximum absolute atomic E-state index is 12.2. The number of alkyl halides is 1. The molecule has 2 saturated carbocycles. The number of hydrogen-bond acceptors (Lipinski definition) is 3. The molecule has 0 spiro atoms. The number of rotatable bonds is 5. The Morgan fingerprint density at radius 1 is 1.27 bits per heavy atom. The van der Waals surface area contributed by atoms with Crippen LogP contribution in [0.3, 0.4) is 0 Å². The number of carbonyl (C=O) groups excluding carboxylic acids is 1. The summed E-state index contributed by atoms with van der Waals surface area (Å²) in [5.74, 6) is 0.414. The van der Waals surface area contributed by atoms with Crippen LogP contribution in [0.4, 0.5) is 4.79 Å². The average molecular weight is 377 g/mol. The Balaban J connectivity index is 1.76. The molecule has 0 saturated heterocycles. The zero-order valence-electron chi connectivity index (χ0n) is 13.4. The highest BCUT2D eigenvalue weighted by Gasteiger charge is 2.30. The molecule has 0 aromatic rings. The summed E-state index contributed by atoms with van der Waals surface area (Å²) in [5, 5.41) is 15.6. The number of urea groups is 1. The van der Waals surface area contributed by atoms with Crippen molar-refractivity contribution in [1.82, 2.24) is 10.6 Å². The van der Waals surface area contributed by atoms with Gasteiger partial charge < -0.3 is 20.5 Å². The number of halogens is 1. The summed E-state index contributed by atoms with van der Waals surface area (Å²) in [7, 11) is 1.73. The summed E-state index contributed by atoms with van der Waals surface area (Å²) in [6.07, 6.45) is 8.88. The second-order valence-electron chi connectivity index (χ2n) is 6.61. The molecule has 0 heterocycles. The highest BCUT2D eigenvalue weighted by Crippen LogP contribution is 2.28. The van der Waals surface area contributed by atoms with Gasteiger partial charge in [0.15, 0.2) is 0 Å². The number of aliphatic hydroxyl groups excluding tert-OH is 1. The van der Waals surface area contributed by atoms with Crippen LogP contribution < -0.4 is 10.6 Å². The van der Waals surface area contributed by atoms with Crippen LogP contribution in [0.1, 0.15) is 51.4 Å². The summed E-state index contributed by atoms with van der Waals surface area (Å²) in [6, 6.07) is -0.0953. The predicted molar refractivity (Wildman–Crippen MR) is 90.3 cm³/mol. The van der Waals surface area contributed by atoms with Crippen LogP contribution in [0.2, 0.25) is 0 Å². The molecular formula is C16H29BrN2O3. The zero-order valence-corrected chi connectivity index (χ0v) is 15.0. The smallest absolute Gasteiger partial charge is 0.315 e. The van der Waals surface area contributed by atoms with Crippen molar-refractivity contribution in [1.29, 1.82) is 0 Å². The van der Waals surface area contributed by atoms with Crippen molar-refractivity contribution >= 4 is 22.0 Å². The molecule has 5 nitrogen and oxygen atoms in total. The van der Waals surface area contributed by atoms with E-state index >= 15 is 0 Å². The molecule has 2 aliphatic rings. The Morgan fingerprint density at radius 2 is 2.00 bits per heavy atom. The predicted octanol–water partition coefficient (Wildman–Crippen LogP) is 2.56. The maximum Gasteiger partial charge on any atom is 0.315 e. The molecule has 0 radical (unpaired) electrons. The minimum Gasteiger partial charge on any atom is -0.394 e. The Labute approximate surface area is 141 Å². The fraction of sp³-hybridized carbons (Fsp3) is 0.938. The highest BCUT2D eigenvalue weighted by atomic mass is 79.9. The largest absolute Gasteiger partial charge is 0.394 e. The molecule has 2 rings (SSSR count). The van der Waals surface area contributed by atoms with Crippen molar-refractivity contribution in [2.45, 2.75) is 74.4 Å².